The zero-order chi connectivity index (χ0) is 13.1. The van der Waals surface area contributed by atoms with Crippen LogP contribution in [-0.2, 0) is 11.2 Å². The molecule has 0 aliphatic rings. The molecule has 0 saturated heterocycles. The van der Waals surface area contributed by atoms with E-state index in [-0.39, 0.29) is 17.7 Å². The largest absolute Gasteiger partial charge is 0.461 e. The number of hydrogen-bond acceptors (Lipinski definition) is 3. The Kier molecular flexibility index (Phi) is 3.46. The molecule has 1 heterocycles. The quantitative estimate of drug-likeness (QED) is 0.844. The number of carbonyl (C=O) groups excluding carboxylic acids is 1. The van der Waals surface area contributed by atoms with Gasteiger partial charge in [-0.25, -0.2) is 4.79 Å². The van der Waals surface area contributed by atoms with Crippen molar-refractivity contribution in [3.63, 3.8) is 0 Å². The summed E-state index contributed by atoms with van der Waals surface area (Å²) in [6.07, 6.45) is 0.870. The first-order chi connectivity index (χ1) is 8.65. The molecule has 0 fully saturated rings. The third-order valence-corrected chi connectivity index (χ3v) is 2.80. The van der Waals surface area contributed by atoms with Gasteiger partial charge in [-0.2, -0.15) is 0 Å². The molecule has 0 unspecified atom stereocenters. The van der Waals surface area contributed by atoms with Crippen molar-refractivity contribution < 1.29 is 9.53 Å². The van der Waals surface area contributed by atoms with Crippen molar-refractivity contribution in [1.29, 1.82) is 0 Å². The number of H-pyrrole nitrogens is 1. The molecule has 4 heteroatoms. The highest BCUT2D eigenvalue weighted by Crippen LogP contribution is 2.12. The molecule has 4 nitrogen and oxygen atoms in total. The molecule has 1 aromatic heterocycles. The normalized spacial score (nSPS) is 10.6. The first-order valence-electron chi connectivity index (χ1n) is 5.98. The van der Waals surface area contributed by atoms with Gasteiger partial charge in [-0.1, -0.05) is 13.0 Å². The standard InChI is InChI=1S/C14H15NO3/c1-3-9-5-6-11-10(7-9)13(16)8-12(15-11)14(17)18-4-2/h5-8H,3-4H2,1-2H3,(H,15,16). The number of fused-ring (bicyclic) bond motifs is 1. The Bertz CT molecular complexity index is 643. The van der Waals surface area contributed by atoms with E-state index in [1.807, 2.05) is 25.1 Å². The number of hydrogen-bond donors (Lipinski definition) is 1. The summed E-state index contributed by atoms with van der Waals surface area (Å²) in [7, 11) is 0. The lowest BCUT2D eigenvalue weighted by atomic mass is 10.1. The molecule has 1 N–H and O–H groups in total. The zero-order valence-electron chi connectivity index (χ0n) is 10.4. The average molecular weight is 245 g/mol. The van der Waals surface area contributed by atoms with Crippen LogP contribution < -0.4 is 5.43 Å². The maximum atomic E-state index is 11.9. The number of esters is 1. The lowest BCUT2D eigenvalue weighted by Crippen LogP contribution is -2.12. The Labute approximate surface area is 105 Å². The number of pyridine rings is 1. The summed E-state index contributed by atoms with van der Waals surface area (Å²) < 4.78 is 4.87. The molecule has 94 valence electrons. The minimum absolute atomic E-state index is 0.165. The summed E-state index contributed by atoms with van der Waals surface area (Å²) in [5.74, 6) is -0.504. The van der Waals surface area contributed by atoms with Crippen LogP contribution in [0.25, 0.3) is 10.9 Å². The van der Waals surface area contributed by atoms with Gasteiger partial charge in [0, 0.05) is 17.0 Å². The molecule has 0 spiro atoms. The van der Waals surface area contributed by atoms with E-state index in [4.69, 9.17) is 4.74 Å². The second-order valence-electron chi connectivity index (χ2n) is 4.00. The fourth-order valence-electron chi connectivity index (χ4n) is 1.83. The number of benzene rings is 1. The Hall–Kier alpha value is -2.10. The van der Waals surface area contributed by atoms with Crippen LogP contribution in [0.1, 0.15) is 29.9 Å². The summed E-state index contributed by atoms with van der Waals surface area (Å²) in [6.45, 7) is 4.04. The van der Waals surface area contributed by atoms with Gasteiger partial charge in [-0.15, -0.1) is 0 Å². The fraction of sp³-hybridized carbons (Fsp3) is 0.286. The average Bonchev–Trinajstić information content (AvgIpc) is 2.38. The van der Waals surface area contributed by atoms with Crippen LogP contribution in [0.15, 0.2) is 29.1 Å². The van der Waals surface area contributed by atoms with E-state index >= 15 is 0 Å². The molecular formula is C14H15NO3. The summed E-state index contributed by atoms with van der Waals surface area (Å²) in [5.41, 5.74) is 1.78. The van der Waals surface area contributed by atoms with Crippen molar-refractivity contribution in [3.05, 3.63) is 45.7 Å². The number of nitrogens with one attached hydrogen (secondary N) is 1. The van der Waals surface area contributed by atoms with Gasteiger partial charge in [0.15, 0.2) is 5.43 Å². The maximum Gasteiger partial charge on any atom is 0.354 e. The van der Waals surface area contributed by atoms with Crippen molar-refractivity contribution in [2.45, 2.75) is 20.3 Å². The summed E-state index contributed by atoms with van der Waals surface area (Å²) >= 11 is 0. The number of rotatable bonds is 3. The van der Waals surface area contributed by atoms with Gasteiger partial charge in [0.2, 0.25) is 0 Å². The van der Waals surface area contributed by atoms with Crippen LogP contribution in [0.5, 0.6) is 0 Å². The maximum absolute atomic E-state index is 11.9. The van der Waals surface area contributed by atoms with E-state index < -0.39 is 5.97 Å². The van der Waals surface area contributed by atoms with Gasteiger partial charge in [0.05, 0.1) is 6.61 Å². The topological polar surface area (TPSA) is 59.2 Å². The van der Waals surface area contributed by atoms with Crippen LogP contribution in [-0.4, -0.2) is 17.6 Å². The van der Waals surface area contributed by atoms with Crippen molar-refractivity contribution in [2.75, 3.05) is 6.61 Å². The fourth-order valence-corrected chi connectivity index (χ4v) is 1.83. The first kappa shape index (κ1) is 12.4. The number of ether oxygens (including phenoxy) is 1. The van der Waals surface area contributed by atoms with Crippen LogP contribution >= 0.6 is 0 Å². The highest BCUT2D eigenvalue weighted by atomic mass is 16.5. The highest BCUT2D eigenvalue weighted by molar-refractivity contribution is 5.91. The van der Waals surface area contributed by atoms with Gasteiger partial charge in [-0.3, -0.25) is 4.79 Å². The summed E-state index contributed by atoms with van der Waals surface area (Å²) in [5, 5.41) is 0.599. The second-order valence-corrected chi connectivity index (χ2v) is 4.00. The monoisotopic (exact) mass is 245 g/mol. The SMILES string of the molecule is CCOC(=O)c1cc(=O)c2cc(CC)ccc2[nH]1. The van der Waals surface area contributed by atoms with E-state index in [2.05, 4.69) is 4.98 Å². The van der Waals surface area contributed by atoms with Crippen molar-refractivity contribution >= 4 is 16.9 Å². The molecule has 0 aliphatic heterocycles. The lowest BCUT2D eigenvalue weighted by Gasteiger charge is -2.05. The Balaban J connectivity index is 2.57. The second kappa shape index (κ2) is 5.04. The minimum Gasteiger partial charge on any atom is -0.461 e. The summed E-state index contributed by atoms with van der Waals surface area (Å²) in [4.78, 5) is 26.4. The van der Waals surface area contributed by atoms with Crippen LogP contribution in [0.2, 0.25) is 0 Å². The van der Waals surface area contributed by atoms with Gasteiger partial charge >= 0.3 is 5.97 Å². The Morgan fingerprint density at radius 3 is 2.72 bits per heavy atom. The third-order valence-electron chi connectivity index (χ3n) is 2.80. The molecule has 0 bridgehead atoms. The number of carbonyl (C=O) groups is 1. The highest BCUT2D eigenvalue weighted by Gasteiger charge is 2.10. The van der Waals surface area contributed by atoms with Crippen molar-refractivity contribution in [2.24, 2.45) is 0 Å². The number of aryl methyl sites for hydroxylation is 1. The lowest BCUT2D eigenvalue weighted by molar-refractivity contribution is 0.0520. The third kappa shape index (κ3) is 2.27. The van der Waals surface area contributed by atoms with Crippen LogP contribution in [0.4, 0.5) is 0 Å². The van der Waals surface area contributed by atoms with E-state index in [0.717, 1.165) is 12.0 Å². The first-order valence-corrected chi connectivity index (χ1v) is 5.98. The number of aromatic amines is 1. The Morgan fingerprint density at radius 1 is 1.28 bits per heavy atom. The van der Waals surface area contributed by atoms with Crippen LogP contribution in [0, 0.1) is 0 Å². The van der Waals surface area contributed by atoms with Crippen molar-refractivity contribution in [3.8, 4) is 0 Å². The van der Waals surface area contributed by atoms with E-state index in [9.17, 15) is 9.59 Å². The van der Waals surface area contributed by atoms with Gasteiger partial charge in [0.25, 0.3) is 0 Å². The van der Waals surface area contributed by atoms with Gasteiger partial charge < -0.3 is 9.72 Å². The van der Waals surface area contributed by atoms with Crippen molar-refractivity contribution in [1.82, 2.24) is 4.98 Å². The predicted molar refractivity (Wildman–Crippen MR) is 69.9 cm³/mol. The van der Waals surface area contributed by atoms with E-state index in [1.165, 1.54) is 6.07 Å². The molecule has 18 heavy (non-hydrogen) atoms. The predicted octanol–water partition coefficient (Wildman–Crippen LogP) is 2.27. The summed E-state index contributed by atoms with van der Waals surface area (Å²) in [6, 6.07) is 6.90. The van der Waals surface area contributed by atoms with Gasteiger partial charge in [-0.05, 0) is 31.0 Å². The number of aromatic nitrogens is 1. The molecule has 0 radical (unpaired) electrons. The molecule has 2 aromatic rings. The van der Waals surface area contributed by atoms with Gasteiger partial charge in [0.1, 0.15) is 5.69 Å². The van der Waals surface area contributed by atoms with E-state index in [1.54, 1.807) is 6.92 Å². The molecule has 0 aliphatic carbocycles. The molecule has 0 amide bonds. The molecular weight excluding hydrogens is 230 g/mol. The molecule has 0 atom stereocenters. The smallest absolute Gasteiger partial charge is 0.354 e. The molecule has 2 rings (SSSR count). The van der Waals surface area contributed by atoms with E-state index in [0.29, 0.717) is 10.9 Å². The molecule has 0 saturated carbocycles. The minimum atomic E-state index is -0.504. The Morgan fingerprint density at radius 2 is 2.06 bits per heavy atom. The van der Waals surface area contributed by atoms with Crippen LogP contribution in [0.3, 0.4) is 0 Å². The zero-order valence-corrected chi connectivity index (χ0v) is 10.4. The molecule has 1 aromatic carbocycles.